The molecule has 4 aromatic rings. The van der Waals surface area contributed by atoms with Crippen molar-refractivity contribution in [3.8, 4) is 5.69 Å². The Labute approximate surface area is 207 Å². The van der Waals surface area contributed by atoms with Gasteiger partial charge in [0.15, 0.2) is 5.65 Å². The fourth-order valence-electron chi connectivity index (χ4n) is 4.10. The highest BCUT2D eigenvalue weighted by atomic mass is 35.5. The van der Waals surface area contributed by atoms with E-state index in [2.05, 4.69) is 23.8 Å². The van der Waals surface area contributed by atoms with Crippen molar-refractivity contribution in [3.05, 3.63) is 76.2 Å². The van der Waals surface area contributed by atoms with Crippen LogP contribution < -0.4 is 4.90 Å². The quantitative estimate of drug-likeness (QED) is 0.389. The van der Waals surface area contributed by atoms with Gasteiger partial charge in [-0.1, -0.05) is 49.2 Å². The van der Waals surface area contributed by atoms with Crippen LogP contribution in [0.3, 0.4) is 0 Å². The molecule has 0 radical (unpaired) electrons. The van der Waals surface area contributed by atoms with E-state index in [1.54, 1.807) is 35.1 Å². The lowest BCUT2D eigenvalue weighted by molar-refractivity contribution is 0.0746. The number of rotatable bonds is 4. The molecule has 1 saturated heterocycles. The second-order valence-corrected chi connectivity index (χ2v) is 9.43. The third-order valence-corrected chi connectivity index (χ3v) is 6.55. The Kier molecular flexibility index (Phi) is 6.15. The Balaban J connectivity index is 1.45. The Bertz CT molecular complexity index is 1340. The van der Waals surface area contributed by atoms with Gasteiger partial charge in [-0.15, -0.1) is 0 Å². The van der Waals surface area contributed by atoms with Gasteiger partial charge in [0.1, 0.15) is 11.6 Å². The molecule has 0 bridgehead atoms. The van der Waals surface area contributed by atoms with E-state index in [9.17, 15) is 4.79 Å². The van der Waals surface area contributed by atoms with E-state index >= 15 is 0 Å². The first-order valence-corrected chi connectivity index (χ1v) is 12.0. The number of halogens is 2. The molecule has 2 aromatic carbocycles. The number of aromatic nitrogens is 4. The van der Waals surface area contributed by atoms with Gasteiger partial charge in [0, 0.05) is 42.7 Å². The van der Waals surface area contributed by atoms with Crippen LogP contribution in [-0.4, -0.2) is 56.7 Å². The predicted molar refractivity (Wildman–Crippen MR) is 135 cm³/mol. The fraction of sp³-hybridized carbons (Fsp3) is 0.280. The number of carbonyl (C=O) groups excluding carboxylic acids is 1. The molecule has 0 aliphatic carbocycles. The number of anilines is 1. The molecule has 9 heteroatoms. The molecule has 0 unspecified atom stereocenters. The molecule has 174 valence electrons. The lowest BCUT2D eigenvalue weighted by Crippen LogP contribution is -2.49. The molecular formula is C25H24Cl2N6O. The smallest absolute Gasteiger partial charge is 0.253 e. The van der Waals surface area contributed by atoms with Crippen LogP contribution >= 0.6 is 23.2 Å². The van der Waals surface area contributed by atoms with Crippen LogP contribution in [0.2, 0.25) is 10.0 Å². The van der Waals surface area contributed by atoms with Crippen LogP contribution in [0, 0.1) is 0 Å². The number of carbonyl (C=O) groups is 1. The largest absolute Gasteiger partial charge is 0.352 e. The number of benzene rings is 2. The monoisotopic (exact) mass is 494 g/mol. The Morgan fingerprint density at radius 2 is 1.65 bits per heavy atom. The van der Waals surface area contributed by atoms with Crippen molar-refractivity contribution in [1.29, 1.82) is 0 Å². The van der Waals surface area contributed by atoms with Gasteiger partial charge in [0.05, 0.1) is 22.3 Å². The maximum Gasteiger partial charge on any atom is 0.253 e. The summed E-state index contributed by atoms with van der Waals surface area (Å²) in [7, 11) is 0. The van der Waals surface area contributed by atoms with Gasteiger partial charge in [-0.2, -0.15) is 5.10 Å². The summed E-state index contributed by atoms with van der Waals surface area (Å²) < 4.78 is 1.77. The van der Waals surface area contributed by atoms with Gasteiger partial charge >= 0.3 is 0 Å². The summed E-state index contributed by atoms with van der Waals surface area (Å²) in [6.45, 7) is 6.68. The molecule has 7 nitrogen and oxygen atoms in total. The molecule has 0 spiro atoms. The second-order valence-electron chi connectivity index (χ2n) is 8.59. The topological polar surface area (TPSA) is 67.2 Å². The van der Waals surface area contributed by atoms with E-state index < -0.39 is 0 Å². The number of fused-ring (bicyclic) bond motifs is 1. The van der Waals surface area contributed by atoms with Gasteiger partial charge in [0.25, 0.3) is 5.91 Å². The van der Waals surface area contributed by atoms with E-state index in [0.29, 0.717) is 41.8 Å². The zero-order valence-corrected chi connectivity index (χ0v) is 20.5. The van der Waals surface area contributed by atoms with E-state index in [1.807, 2.05) is 29.2 Å². The molecule has 34 heavy (non-hydrogen) atoms. The number of hydrogen-bond donors (Lipinski definition) is 0. The minimum absolute atomic E-state index is 0.0126. The number of piperazine rings is 1. The molecule has 0 atom stereocenters. The first kappa shape index (κ1) is 22.6. The van der Waals surface area contributed by atoms with Crippen molar-refractivity contribution in [2.75, 3.05) is 31.1 Å². The first-order valence-electron chi connectivity index (χ1n) is 11.2. The summed E-state index contributed by atoms with van der Waals surface area (Å²) in [6.07, 6.45) is 1.79. The average molecular weight is 495 g/mol. The first-order chi connectivity index (χ1) is 16.4. The van der Waals surface area contributed by atoms with Gasteiger partial charge in [0.2, 0.25) is 0 Å². The molecule has 0 N–H and O–H groups in total. The molecule has 1 fully saturated rings. The molecule has 1 amide bonds. The summed E-state index contributed by atoms with van der Waals surface area (Å²) >= 11 is 12.4. The van der Waals surface area contributed by atoms with Crippen LogP contribution in [-0.2, 0) is 0 Å². The predicted octanol–water partition coefficient (Wildman–Crippen LogP) is 5.21. The third-order valence-electron chi connectivity index (χ3n) is 5.98. The lowest BCUT2D eigenvalue weighted by Gasteiger charge is -2.35. The van der Waals surface area contributed by atoms with Gasteiger partial charge < -0.3 is 9.80 Å². The van der Waals surface area contributed by atoms with E-state index in [4.69, 9.17) is 33.2 Å². The summed E-state index contributed by atoms with van der Waals surface area (Å²) in [5.74, 6) is 1.74. The highest BCUT2D eigenvalue weighted by Gasteiger charge is 2.26. The van der Waals surface area contributed by atoms with Gasteiger partial charge in [-0.05, 0) is 36.4 Å². The van der Waals surface area contributed by atoms with E-state index in [1.165, 1.54) is 0 Å². The molecule has 5 rings (SSSR count). The van der Waals surface area contributed by atoms with Gasteiger partial charge in [-0.3, -0.25) is 4.79 Å². The van der Waals surface area contributed by atoms with Crippen LogP contribution in [0.25, 0.3) is 16.7 Å². The summed E-state index contributed by atoms with van der Waals surface area (Å²) in [5, 5.41) is 6.69. The molecule has 3 heterocycles. The molecule has 2 aromatic heterocycles. The average Bonchev–Trinajstić information content (AvgIpc) is 3.28. The van der Waals surface area contributed by atoms with Gasteiger partial charge in [-0.25, -0.2) is 14.6 Å². The van der Waals surface area contributed by atoms with Crippen LogP contribution in [0.5, 0.6) is 0 Å². The zero-order chi connectivity index (χ0) is 23.8. The minimum atomic E-state index is 0.0126. The summed E-state index contributed by atoms with van der Waals surface area (Å²) in [5.41, 5.74) is 2.14. The third kappa shape index (κ3) is 4.21. The number of hydrogen-bond acceptors (Lipinski definition) is 5. The Hall–Kier alpha value is -3.16. The Morgan fingerprint density at radius 3 is 2.32 bits per heavy atom. The summed E-state index contributed by atoms with van der Waals surface area (Å²) in [6, 6.07) is 14.6. The standard InChI is InChI=1S/C25H24Cl2N6O/c1-16(2)22-29-23(19-15-28-33(24(19)30-22)21-6-4-3-5-20(21)27)31-11-13-32(14-12-31)25(34)17-7-9-18(26)10-8-17/h3-10,15-16H,11-14H2,1-2H3. The number of amides is 1. The Morgan fingerprint density at radius 1 is 0.941 bits per heavy atom. The lowest BCUT2D eigenvalue weighted by atomic mass is 10.1. The van der Waals surface area contributed by atoms with E-state index in [0.717, 1.165) is 28.4 Å². The maximum absolute atomic E-state index is 12.9. The number of nitrogens with zero attached hydrogens (tertiary/aromatic N) is 6. The fourth-order valence-corrected chi connectivity index (χ4v) is 4.45. The molecule has 1 aliphatic heterocycles. The highest BCUT2D eigenvalue weighted by Crippen LogP contribution is 2.30. The van der Waals surface area contributed by atoms with Crippen molar-refractivity contribution in [2.24, 2.45) is 0 Å². The number of para-hydroxylation sites is 1. The highest BCUT2D eigenvalue weighted by molar-refractivity contribution is 6.32. The molecule has 1 aliphatic rings. The van der Waals surface area contributed by atoms with Crippen LogP contribution in [0.4, 0.5) is 5.82 Å². The van der Waals surface area contributed by atoms with Crippen LogP contribution in [0.15, 0.2) is 54.7 Å². The zero-order valence-electron chi connectivity index (χ0n) is 18.9. The second kappa shape index (κ2) is 9.24. The maximum atomic E-state index is 12.9. The molecular weight excluding hydrogens is 471 g/mol. The molecule has 0 saturated carbocycles. The van der Waals surface area contributed by atoms with Crippen molar-refractivity contribution in [2.45, 2.75) is 19.8 Å². The minimum Gasteiger partial charge on any atom is -0.352 e. The van der Waals surface area contributed by atoms with Crippen molar-refractivity contribution in [1.82, 2.24) is 24.6 Å². The van der Waals surface area contributed by atoms with Crippen LogP contribution in [0.1, 0.15) is 35.9 Å². The normalized spacial score (nSPS) is 14.3. The van der Waals surface area contributed by atoms with E-state index in [-0.39, 0.29) is 11.8 Å². The van der Waals surface area contributed by atoms with Crippen molar-refractivity contribution < 1.29 is 4.79 Å². The van der Waals surface area contributed by atoms with Crippen molar-refractivity contribution in [3.63, 3.8) is 0 Å². The summed E-state index contributed by atoms with van der Waals surface area (Å²) in [4.78, 5) is 26.7. The SMILES string of the molecule is CC(C)c1nc(N2CCN(C(=O)c3ccc(Cl)cc3)CC2)c2cnn(-c3ccccc3Cl)c2n1. The van der Waals surface area contributed by atoms with Crippen molar-refractivity contribution >= 4 is 46.0 Å².